The fourth-order valence-electron chi connectivity index (χ4n) is 3.17. The molecule has 1 aliphatic heterocycles. The Morgan fingerprint density at radius 2 is 1.83 bits per heavy atom. The zero-order chi connectivity index (χ0) is 20.9. The molecule has 0 bridgehead atoms. The largest absolute Gasteiger partial charge is 0.484 e. The summed E-state index contributed by atoms with van der Waals surface area (Å²) in [6, 6.07) is 13.3. The molecule has 0 atom stereocenters. The molecule has 1 saturated heterocycles. The van der Waals surface area contributed by atoms with Gasteiger partial charge in [-0.25, -0.2) is 8.42 Å². The monoisotopic (exact) mass is 413 g/mol. The first-order valence-corrected chi connectivity index (χ1v) is 10.9. The van der Waals surface area contributed by atoms with Crippen LogP contribution in [-0.4, -0.2) is 38.3 Å². The van der Waals surface area contributed by atoms with Crippen LogP contribution < -0.4 is 10.1 Å². The first kappa shape index (κ1) is 20.8. The quantitative estimate of drug-likeness (QED) is 0.785. The highest BCUT2D eigenvalue weighted by Crippen LogP contribution is 2.26. The Morgan fingerprint density at radius 1 is 1.14 bits per heavy atom. The molecule has 2 aromatic carbocycles. The number of aryl methyl sites for hydroxylation is 1. The maximum atomic E-state index is 13.0. The molecule has 3 rings (SSSR count). The Labute approximate surface area is 171 Å². The van der Waals surface area contributed by atoms with Gasteiger partial charge in [0.05, 0.1) is 16.5 Å². The summed E-state index contributed by atoms with van der Waals surface area (Å²) in [5, 5.41) is 11.5. The topological polar surface area (TPSA) is 99.5 Å². The Morgan fingerprint density at radius 3 is 2.48 bits per heavy atom. The molecular weight excluding hydrogens is 390 g/mol. The molecule has 0 unspecified atom stereocenters. The SMILES string of the molecule is Cc1ccc(NC(=O)COc2ccc(C#N)cc2)cc1S(=O)(=O)N1CCCCC1. The Balaban J connectivity index is 1.67. The average Bonchev–Trinajstić information content (AvgIpc) is 2.74. The summed E-state index contributed by atoms with van der Waals surface area (Å²) in [6.45, 7) is 2.57. The normalized spacial score (nSPS) is 14.8. The molecule has 1 aliphatic rings. The van der Waals surface area contributed by atoms with Crippen molar-refractivity contribution in [2.75, 3.05) is 25.0 Å². The average molecular weight is 413 g/mol. The molecule has 0 spiro atoms. The standard InChI is InChI=1S/C21H23N3O4S/c1-16-5-8-18(13-20(16)29(26,27)24-11-3-2-4-12-24)23-21(25)15-28-19-9-6-17(14-22)7-10-19/h5-10,13H,2-4,11-12,15H2,1H3,(H,23,25). The van der Waals surface area contributed by atoms with Gasteiger partial charge in [-0.2, -0.15) is 9.57 Å². The van der Waals surface area contributed by atoms with Crippen molar-refractivity contribution in [3.8, 4) is 11.8 Å². The van der Waals surface area contributed by atoms with Crippen LogP contribution in [0.2, 0.25) is 0 Å². The van der Waals surface area contributed by atoms with E-state index in [1.165, 1.54) is 10.4 Å². The minimum Gasteiger partial charge on any atom is -0.484 e. The first-order valence-electron chi connectivity index (χ1n) is 9.44. The van der Waals surface area contributed by atoms with E-state index >= 15 is 0 Å². The van der Waals surface area contributed by atoms with Crippen LogP contribution in [0.5, 0.6) is 5.75 Å². The maximum Gasteiger partial charge on any atom is 0.262 e. The van der Waals surface area contributed by atoms with Gasteiger partial charge in [0, 0.05) is 18.8 Å². The molecule has 0 saturated carbocycles. The third-order valence-electron chi connectivity index (χ3n) is 4.76. The number of piperidine rings is 1. The second kappa shape index (κ2) is 9.07. The highest BCUT2D eigenvalue weighted by molar-refractivity contribution is 7.89. The number of rotatable bonds is 6. The van der Waals surface area contributed by atoms with E-state index in [4.69, 9.17) is 10.00 Å². The predicted molar refractivity (Wildman–Crippen MR) is 109 cm³/mol. The van der Waals surface area contributed by atoms with E-state index in [1.807, 2.05) is 6.07 Å². The van der Waals surface area contributed by atoms with Gasteiger partial charge in [-0.05, 0) is 61.7 Å². The molecule has 0 aromatic heterocycles. The maximum absolute atomic E-state index is 13.0. The van der Waals surface area contributed by atoms with Gasteiger partial charge >= 0.3 is 0 Å². The summed E-state index contributed by atoms with van der Waals surface area (Å²) in [4.78, 5) is 12.4. The highest BCUT2D eigenvalue weighted by atomic mass is 32.2. The van der Waals surface area contributed by atoms with Gasteiger partial charge in [0.15, 0.2) is 6.61 Å². The Kier molecular flexibility index (Phi) is 6.52. The van der Waals surface area contributed by atoms with E-state index < -0.39 is 15.9 Å². The molecule has 1 N–H and O–H groups in total. The summed E-state index contributed by atoms with van der Waals surface area (Å²) in [7, 11) is -3.59. The molecule has 1 amide bonds. The van der Waals surface area contributed by atoms with Gasteiger partial charge in [-0.15, -0.1) is 0 Å². The summed E-state index contributed by atoms with van der Waals surface area (Å²) >= 11 is 0. The molecule has 0 aliphatic carbocycles. The van der Waals surface area contributed by atoms with Crippen LogP contribution >= 0.6 is 0 Å². The van der Waals surface area contributed by atoms with Crippen molar-refractivity contribution >= 4 is 21.6 Å². The van der Waals surface area contributed by atoms with Crippen molar-refractivity contribution in [1.82, 2.24) is 4.31 Å². The van der Waals surface area contributed by atoms with Crippen molar-refractivity contribution in [3.05, 3.63) is 53.6 Å². The molecule has 0 radical (unpaired) electrons. The third kappa shape index (κ3) is 5.13. The lowest BCUT2D eigenvalue weighted by atomic mass is 10.2. The number of nitriles is 1. The number of carbonyl (C=O) groups excluding carboxylic acids is 1. The molecule has 29 heavy (non-hydrogen) atoms. The van der Waals surface area contributed by atoms with E-state index in [-0.39, 0.29) is 11.5 Å². The van der Waals surface area contributed by atoms with Gasteiger partial charge in [0.1, 0.15) is 5.75 Å². The van der Waals surface area contributed by atoms with Gasteiger partial charge in [0.2, 0.25) is 10.0 Å². The predicted octanol–water partition coefficient (Wildman–Crippen LogP) is 3.06. The molecule has 8 heteroatoms. The molecular formula is C21H23N3O4S. The van der Waals surface area contributed by atoms with Crippen molar-refractivity contribution in [3.63, 3.8) is 0 Å². The molecule has 2 aromatic rings. The van der Waals surface area contributed by atoms with Gasteiger partial charge < -0.3 is 10.1 Å². The summed E-state index contributed by atoms with van der Waals surface area (Å²) < 4.78 is 32.9. The van der Waals surface area contributed by atoms with Gasteiger partial charge in [-0.1, -0.05) is 12.5 Å². The van der Waals surface area contributed by atoms with Crippen LogP contribution in [0.4, 0.5) is 5.69 Å². The van der Waals surface area contributed by atoms with Crippen molar-refractivity contribution in [1.29, 1.82) is 5.26 Å². The van der Waals surface area contributed by atoms with E-state index in [0.717, 1.165) is 19.3 Å². The third-order valence-corrected chi connectivity index (χ3v) is 6.80. The minimum absolute atomic E-state index is 0.213. The van der Waals surface area contributed by atoms with Crippen LogP contribution in [0.25, 0.3) is 0 Å². The van der Waals surface area contributed by atoms with E-state index in [9.17, 15) is 13.2 Å². The molecule has 7 nitrogen and oxygen atoms in total. The number of benzene rings is 2. The van der Waals surface area contributed by atoms with E-state index in [0.29, 0.717) is 35.7 Å². The number of hydrogen-bond acceptors (Lipinski definition) is 5. The number of sulfonamides is 1. The van der Waals surface area contributed by atoms with Crippen LogP contribution in [0.3, 0.4) is 0 Å². The van der Waals surface area contributed by atoms with E-state index in [1.54, 1.807) is 43.3 Å². The Bertz CT molecular complexity index is 1020. The lowest BCUT2D eigenvalue weighted by molar-refractivity contribution is -0.118. The van der Waals surface area contributed by atoms with Crippen LogP contribution in [0.1, 0.15) is 30.4 Å². The number of nitrogens with one attached hydrogen (secondary N) is 1. The highest BCUT2D eigenvalue weighted by Gasteiger charge is 2.27. The van der Waals surface area contributed by atoms with Gasteiger partial charge in [-0.3, -0.25) is 4.79 Å². The zero-order valence-electron chi connectivity index (χ0n) is 16.2. The smallest absolute Gasteiger partial charge is 0.262 e. The second-order valence-corrected chi connectivity index (χ2v) is 8.82. The lowest BCUT2D eigenvalue weighted by Gasteiger charge is -2.26. The summed E-state index contributed by atoms with van der Waals surface area (Å²) in [5.41, 5.74) is 1.55. The van der Waals surface area contributed by atoms with Crippen molar-refractivity contribution in [2.45, 2.75) is 31.1 Å². The second-order valence-electron chi connectivity index (χ2n) is 6.92. The van der Waals surface area contributed by atoms with E-state index in [2.05, 4.69) is 5.32 Å². The van der Waals surface area contributed by atoms with Crippen LogP contribution in [0.15, 0.2) is 47.4 Å². The molecule has 1 fully saturated rings. The number of anilines is 1. The number of amides is 1. The first-order chi connectivity index (χ1) is 13.9. The summed E-state index contributed by atoms with van der Waals surface area (Å²) in [6.07, 6.45) is 2.77. The minimum atomic E-state index is -3.59. The van der Waals surface area contributed by atoms with Crippen molar-refractivity contribution in [2.24, 2.45) is 0 Å². The molecule has 152 valence electrons. The summed E-state index contributed by atoms with van der Waals surface area (Å²) in [5.74, 6) is 0.0657. The van der Waals surface area contributed by atoms with Crippen molar-refractivity contribution < 1.29 is 17.9 Å². The number of carbonyl (C=O) groups is 1. The van der Waals surface area contributed by atoms with Gasteiger partial charge in [0.25, 0.3) is 5.91 Å². The fraction of sp³-hybridized carbons (Fsp3) is 0.333. The van der Waals surface area contributed by atoms with Crippen LogP contribution in [-0.2, 0) is 14.8 Å². The number of ether oxygens (including phenoxy) is 1. The zero-order valence-corrected chi connectivity index (χ0v) is 17.0. The fourth-order valence-corrected chi connectivity index (χ4v) is 4.94. The molecule has 1 heterocycles. The lowest BCUT2D eigenvalue weighted by Crippen LogP contribution is -2.36. The Hall–Kier alpha value is -2.89. The number of nitrogens with zero attached hydrogens (tertiary/aromatic N) is 2. The van der Waals surface area contributed by atoms with Crippen LogP contribution in [0, 0.1) is 18.3 Å². The number of hydrogen-bond donors (Lipinski definition) is 1.